The number of phosphoric acid groups is 1. The van der Waals surface area contributed by atoms with Crippen molar-refractivity contribution >= 4 is 14.1 Å². The standard InChI is InChI=1S/C8H11O6P/c1-5-7-6(3-12-8(7)9)4-13-15(10,11-2)14-5/h6H,3-4H2,1-2H3/t6-,15?/m0/s1. The molecule has 0 radical (unpaired) electrons. The van der Waals surface area contributed by atoms with E-state index in [1.807, 2.05) is 0 Å². The third-order valence-corrected chi connectivity index (χ3v) is 3.74. The Kier molecular flexibility index (Phi) is 2.68. The van der Waals surface area contributed by atoms with Crippen molar-refractivity contribution in [2.24, 2.45) is 5.92 Å². The molecule has 2 rings (SSSR count). The predicted molar refractivity (Wildman–Crippen MR) is 48.1 cm³/mol. The Morgan fingerprint density at radius 3 is 2.93 bits per heavy atom. The van der Waals surface area contributed by atoms with Crippen molar-refractivity contribution in [3.05, 3.63) is 11.3 Å². The average molecular weight is 234 g/mol. The van der Waals surface area contributed by atoms with Gasteiger partial charge in [0, 0.05) is 0 Å². The molecule has 84 valence electrons. The fourth-order valence-corrected chi connectivity index (χ4v) is 2.61. The maximum absolute atomic E-state index is 11.7. The number of cyclic esters (lactones) is 1. The lowest BCUT2D eigenvalue weighted by atomic mass is 10.0. The Hall–Kier alpha value is -0.680. The Bertz CT molecular complexity index is 327. The number of carbonyl (C=O) groups excluding carboxylic acids is 1. The molecular formula is C8H11O6P. The number of hydrogen-bond donors (Lipinski definition) is 0. The largest absolute Gasteiger partial charge is 0.598 e. The van der Waals surface area contributed by atoms with Crippen molar-refractivity contribution in [2.45, 2.75) is 6.92 Å². The number of hydrogen-bond acceptors (Lipinski definition) is 6. The van der Waals surface area contributed by atoms with Crippen LogP contribution in [-0.2, 0) is 23.1 Å². The van der Waals surface area contributed by atoms with Gasteiger partial charge in [0.05, 0.1) is 18.6 Å². The Morgan fingerprint density at radius 1 is 1.53 bits per heavy atom. The SMILES string of the molecule is CO[P+]1([O-])OC[C@@H]2COC(=O)C2=C(C)O1. The monoisotopic (exact) mass is 234 g/mol. The number of phosphoric ester groups is 1. The molecule has 15 heavy (non-hydrogen) atoms. The molecule has 1 saturated heterocycles. The third-order valence-electron chi connectivity index (χ3n) is 2.33. The van der Waals surface area contributed by atoms with E-state index < -0.39 is 14.1 Å². The van der Waals surface area contributed by atoms with Crippen molar-refractivity contribution in [1.82, 2.24) is 0 Å². The van der Waals surface area contributed by atoms with Gasteiger partial charge in [-0.25, -0.2) is 4.79 Å². The Balaban J connectivity index is 2.31. The molecule has 2 heterocycles. The zero-order valence-corrected chi connectivity index (χ0v) is 9.28. The zero-order valence-electron chi connectivity index (χ0n) is 8.39. The lowest BCUT2D eigenvalue weighted by molar-refractivity contribution is -0.242. The molecule has 6 nitrogen and oxygen atoms in total. The molecule has 0 saturated carbocycles. The highest BCUT2D eigenvalue weighted by Gasteiger charge is 2.44. The van der Waals surface area contributed by atoms with Crippen LogP contribution in [0.2, 0.25) is 0 Å². The number of ether oxygens (including phenoxy) is 1. The van der Waals surface area contributed by atoms with Crippen LogP contribution in [0.15, 0.2) is 11.3 Å². The van der Waals surface area contributed by atoms with Crippen LogP contribution in [0, 0.1) is 5.92 Å². The quantitative estimate of drug-likeness (QED) is 0.475. The Labute approximate surface area is 87.4 Å². The highest BCUT2D eigenvalue weighted by Crippen LogP contribution is 2.57. The van der Waals surface area contributed by atoms with Gasteiger partial charge in [0.2, 0.25) is 0 Å². The van der Waals surface area contributed by atoms with Crippen LogP contribution < -0.4 is 4.89 Å². The highest BCUT2D eigenvalue weighted by molar-refractivity contribution is 7.54. The minimum absolute atomic E-state index is 0.101. The highest BCUT2D eigenvalue weighted by atomic mass is 31.2. The van der Waals surface area contributed by atoms with Crippen LogP contribution in [0.25, 0.3) is 0 Å². The molecule has 2 atom stereocenters. The van der Waals surface area contributed by atoms with Crippen LogP contribution in [0.3, 0.4) is 0 Å². The van der Waals surface area contributed by atoms with E-state index in [0.29, 0.717) is 5.57 Å². The van der Waals surface area contributed by atoms with Crippen LogP contribution in [-0.4, -0.2) is 26.3 Å². The molecule has 2 aliphatic heterocycles. The van der Waals surface area contributed by atoms with Crippen LogP contribution in [0.5, 0.6) is 0 Å². The first kappa shape index (κ1) is 10.8. The summed E-state index contributed by atoms with van der Waals surface area (Å²) in [6.45, 7) is 1.89. The van der Waals surface area contributed by atoms with Crippen molar-refractivity contribution < 1.29 is 28.0 Å². The van der Waals surface area contributed by atoms with E-state index in [1.54, 1.807) is 6.92 Å². The normalized spacial score (nSPS) is 35.7. The van der Waals surface area contributed by atoms with E-state index in [1.165, 1.54) is 7.11 Å². The average Bonchev–Trinajstić information content (AvgIpc) is 2.50. The molecular weight excluding hydrogens is 223 g/mol. The summed E-state index contributed by atoms with van der Waals surface area (Å²) in [5.74, 6) is -0.403. The summed E-state index contributed by atoms with van der Waals surface area (Å²) in [7, 11) is -2.31. The summed E-state index contributed by atoms with van der Waals surface area (Å²) in [5.41, 5.74) is 0.393. The van der Waals surface area contributed by atoms with Gasteiger partial charge in [0.15, 0.2) is 5.76 Å². The van der Waals surface area contributed by atoms with E-state index in [-0.39, 0.29) is 24.9 Å². The fraction of sp³-hybridized carbons (Fsp3) is 0.625. The number of allylic oxidation sites excluding steroid dienone is 1. The second-order valence-corrected chi connectivity index (χ2v) is 4.98. The number of carbonyl (C=O) groups is 1. The van der Waals surface area contributed by atoms with Gasteiger partial charge in [-0.05, 0) is 6.92 Å². The van der Waals surface area contributed by atoms with Gasteiger partial charge in [0.1, 0.15) is 13.2 Å². The molecule has 1 fully saturated rings. The maximum atomic E-state index is 11.7. The van der Waals surface area contributed by atoms with Crippen molar-refractivity contribution in [3.8, 4) is 0 Å². The summed E-state index contributed by atoms with van der Waals surface area (Å²) < 4.78 is 19.5. The van der Waals surface area contributed by atoms with Gasteiger partial charge in [-0.15, -0.1) is 0 Å². The molecule has 0 spiro atoms. The molecule has 0 aromatic rings. The van der Waals surface area contributed by atoms with Crippen molar-refractivity contribution in [3.63, 3.8) is 0 Å². The van der Waals surface area contributed by atoms with Crippen LogP contribution in [0.4, 0.5) is 0 Å². The maximum Gasteiger partial charge on any atom is 0.428 e. The smallest absolute Gasteiger partial charge is 0.428 e. The van der Waals surface area contributed by atoms with Crippen molar-refractivity contribution in [1.29, 1.82) is 0 Å². The molecule has 2 aliphatic rings. The third kappa shape index (κ3) is 1.86. The predicted octanol–water partition coefficient (Wildman–Crippen LogP) is 0.164. The molecule has 0 N–H and O–H groups in total. The number of fused-ring (bicyclic) bond motifs is 1. The second kappa shape index (κ2) is 3.72. The molecule has 0 amide bonds. The van der Waals surface area contributed by atoms with Crippen LogP contribution in [0.1, 0.15) is 6.92 Å². The minimum Gasteiger partial charge on any atom is -0.598 e. The molecule has 1 unspecified atom stereocenters. The van der Waals surface area contributed by atoms with Gasteiger partial charge in [0.25, 0.3) is 0 Å². The molecule has 0 aliphatic carbocycles. The van der Waals surface area contributed by atoms with E-state index >= 15 is 0 Å². The second-order valence-electron chi connectivity index (χ2n) is 3.28. The summed E-state index contributed by atoms with van der Waals surface area (Å²) in [6.07, 6.45) is 0. The number of esters is 1. The lowest BCUT2D eigenvalue weighted by Crippen LogP contribution is -2.18. The van der Waals surface area contributed by atoms with E-state index in [4.69, 9.17) is 13.8 Å². The first-order valence-electron chi connectivity index (χ1n) is 4.43. The summed E-state index contributed by atoms with van der Waals surface area (Å²) in [4.78, 5) is 23.0. The molecule has 7 heteroatoms. The van der Waals surface area contributed by atoms with E-state index in [9.17, 15) is 9.69 Å². The van der Waals surface area contributed by atoms with Gasteiger partial charge in [-0.2, -0.15) is 9.05 Å². The lowest BCUT2D eigenvalue weighted by Gasteiger charge is -2.22. The van der Waals surface area contributed by atoms with Gasteiger partial charge >= 0.3 is 14.1 Å². The molecule has 0 bridgehead atoms. The molecule has 0 aromatic heterocycles. The van der Waals surface area contributed by atoms with E-state index in [0.717, 1.165) is 0 Å². The summed E-state index contributed by atoms with van der Waals surface area (Å²) >= 11 is 0. The fourth-order valence-electron chi connectivity index (χ4n) is 1.58. The summed E-state index contributed by atoms with van der Waals surface area (Å²) in [5, 5.41) is 0. The van der Waals surface area contributed by atoms with Gasteiger partial charge in [-0.3, -0.25) is 4.52 Å². The number of rotatable bonds is 1. The minimum atomic E-state index is -3.54. The van der Waals surface area contributed by atoms with E-state index in [2.05, 4.69) is 4.52 Å². The first-order valence-corrected chi connectivity index (χ1v) is 5.89. The van der Waals surface area contributed by atoms with Crippen molar-refractivity contribution in [2.75, 3.05) is 20.3 Å². The molecule has 0 aromatic carbocycles. The van der Waals surface area contributed by atoms with Gasteiger partial charge in [-0.1, -0.05) is 0 Å². The Morgan fingerprint density at radius 2 is 2.27 bits per heavy atom. The zero-order chi connectivity index (χ0) is 11.1. The van der Waals surface area contributed by atoms with Crippen LogP contribution >= 0.6 is 8.17 Å². The topological polar surface area (TPSA) is 77.0 Å². The summed E-state index contributed by atoms with van der Waals surface area (Å²) in [6, 6.07) is 0. The van der Waals surface area contributed by atoms with Gasteiger partial charge < -0.3 is 9.63 Å². The first-order chi connectivity index (χ1) is 7.06.